The highest BCUT2D eigenvalue weighted by atomic mass is 32.2. The van der Waals surface area contributed by atoms with Crippen LogP contribution in [-0.2, 0) is 14.3 Å². The standard InChI is InChI=1S/C18H14F2N2O3S3/c19-17(20)27-13-7-3-1-5-11(13)21-15(23)9-25-16(24)10-26-18-22-12-6-2-4-8-14(12)28-18/h1-8,17H,9-10H2,(H,21,23). The van der Waals surface area contributed by atoms with Crippen LogP contribution in [0, 0.1) is 0 Å². The van der Waals surface area contributed by atoms with Gasteiger partial charge in [-0.2, -0.15) is 8.78 Å². The van der Waals surface area contributed by atoms with Crippen LogP contribution in [0.15, 0.2) is 57.8 Å². The van der Waals surface area contributed by atoms with Crippen LogP contribution in [0.4, 0.5) is 14.5 Å². The molecule has 3 rings (SSSR count). The van der Waals surface area contributed by atoms with Crippen molar-refractivity contribution in [2.75, 3.05) is 17.7 Å². The Morgan fingerprint density at radius 1 is 1.14 bits per heavy atom. The third kappa shape index (κ3) is 5.91. The predicted molar refractivity (Wildman–Crippen MR) is 108 cm³/mol. The van der Waals surface area contributed by atoms with E-state index in [0.29, 0.717) is 11.8 Å². The number of anilines is 1. The number of hydrogen-bond acceptors (Lipinski definition) is 7. The Hall–Kier alpha value is -2.17. The van der Waals surface area contributed by atoms with Gasteiger partial charge >= 0.3 is 5.97 Å². The molecule has 1 amide bonds. The fourth-order valence-electron chi connectivity index (χ4n) is 2.18. The number of ether oxygens (including phenoxy) is 1. The molecule has 0 atom stereocenters. The van der Waals surface area contributed by atoms with E-state index in [4.69, 9.17) is 4.74 Å². The zero-order valence-electron chi connectivity index (χ0n) is 14.3. The van der Waals surface area contributed by atoms with Crippen molar-refractivity contribution in [3.05, 3.63) is 48.5 Å². The van der Waals surface area contributed by atoms with Gasteiger partial charge in [0.1, 0.15) is 0 Å². The summed E-state index contributed by atoms with van der Waals surface area (Å²) in [7, 11) is 0. The predicted octanol–water partition coefficient (Wildman–Crippen LogP) is 4.89. The lowest BCUT2D eigenvalue weighted by atomic mass is 10.3. The number of fused-ring (bicyclic) bond motifs is 1. The zero-order valence-corrected chi connectivity index (χ0v) is 16.7. The molecule has 0 aliphatic rings. The van der Waals surface area contributed by atoms with Crippen LogP contribution in [0.5, 0.6) is 0 Å². The molecule has 28 heavy (non-hydrogen) atoms. The highest BCUT2D eigenvalue weighted by Gasteiger charge is 2.14. The maximum absolute atomic E-state index is 12.6. The van der Waals surface area contributed by atoms with E-state index in [1.807, 2.05) is 24.3 Å². The molecule has 10 heteroatoms. The molecule has 146 valence electrons. The van der Waals surface area contributed by atoms with Crippen molar-refractivity contribution in [3.63, 3.8) is 0 Å². The van der Waals surface area contributed by atoms with Crippen molar-refractivity contribution in [2.45, 2.75) is 15.0 Å². The summed E-state index contributed by atoms with van der Waals surface area (Å²) in [5.41, 5.74) is 1.11. The molecule has 2 aromatic carbocycles. The van der Waals surface area contributed by atoms with E-state index in [0.717, 1.165) is 14.6 Å². The van der Waals surface area contributed by atoms with E-state index >= 15 is 0 Å². The summed E-state index contributed by atoms with van der Waals surface area (Å²) in [4.78, 5) is 28.4. The topological polar surface area (TPSA) is 68.3 Å². The summed E-state index contributed by atoms with van der Waals surface area (Å²) in [5, 5.41) is 2.48. The van der Waals surface area contributed by atoms with Gasteiger partial charge in [-0.15, -0.1) is 11.3 Å². The van der Waals surface area contributed by atoms with Crippen molar-refractivity contribution < 1.29 is 23.1 Å². The Morgan fingerprint density at radius 3 is 2.68 bits per heavy atom. The van der Waals surface area contributed by atoms with Crippen LogP contribution in [0.25, 0.3) is 10.2 Å². The van der Waals surface area contributed by atoms with Crippen LogP contribution in [0.3, 0.4) is 0 Å². The molecule has 1 heterocycles. The maximum Gasteiger partial charge on any atom is 0.316 e. The number of aromatic nitrogens is 1. The number of carbonyl (C=O) groups is 2. The molecule has 0 unspecified atom stereocenters. The quantitative estimate of drug-likeness (QED) is 0.398. The summed E-state index contributed by atoms with van der Waals surface area (Å²) in [6.07, 6.45) is 0. The van der Waals surface area contributed by atoms with Gasteiger partial charge in [0.25, 0.3) is 11.7 Å². The lowest BCUT2D eigenvalue weighted by Crippen LogP contribution is -2.22. The minimum atomic E-state index is -2.60. The first kappa shape index (κ1) is 20.6. The number of nitrogens with one attached hydrogen (secondary N) is 1. The van der Waals surface area contributed by atoms with Gasteiger partial charge in [0.2, 0.25) is 0 Å². The van der Waals surface area contributed by atoms with E-state index < -0.39 is 24.2 Å². The molecule has 0 aliphatic carbocycles. The van der Waals surface area contributed by atoms with Gasteiger partial charge in [-0.1, -0.05) is 47.8 Å². The average molecular weight is 441 g/mol. The van der Waals surface area contributed by atoms with Crippen LogP contribution in [0.2, 0.25) is 0 Å². The molecule has 5 nitrogen and oxygen atoms in total. The number of nitrogens with zero attached hydrogens (tertiary/aromatic N) is 1. The molecule has 0 radical (unpaired) electrons. The van der Waals surface area contributed by atoms with Crippen molar-refractivity contribution in [1.82, 2.24) is 4.98 Å². The highest BCUT2D eigenvalue weighted by molar-refractivity contribution is 8.01. The average Bonchev–Trinajstić information content (AvgIpc) is 3.09. The van der Waals surface area contributed by atoms with E-state index in [2.05, 4.69) is 10.3 Å². The van der Waals surface area contributed by atoms with Crippen molar-refractivity contribution >= 4 is 62.6 Å². The monoisotopic (exact) mass is 440 g/mol. The number of benzene rings is 2. The summed E-state index contributed by atoms with van der Waals surface area (Å²) in [6, 6.07) is 13.8. The SMILES string of the molecule is O=C(COC(=O)CSc1nc2ccccc2s1)Nc1ccccc1SC(F)F. The molecule has 1 N–H and O–H groups in total. The minimum Gasteiger partial charge on any atom is -0.455 e. The van der Waals surface area contributed by atoms with Gasteiger partial charge in [-0.25, -0.2) is 4.98 Å². The number of carbonyl (C=O) groups excluding carboxylic acids is 2. The van der Waals surface area contributed by atoms with Gasteiger partial charge in [0.05, 0.1) is 21.7 Å². The first-order chi connectivity index (χ1) is 13.5. The number of amides is 1. The first-order valence-electron chi connectivity index (χ1n) is 7.99. The Balaban J connectivity index is 1.46. The number of thiazole rings is 1. The van der Waals surface area contributed by atoms with Crippen LogP contribution >= 0.6 is 34.9 Å². The second-order valence-electron chi connectivity index (χ2n) is 5.32. The lowest BCUT2D eigenvalue weighted by Gasteiger charge is -2.10. The Kier molecular flexibility index (Phi) is 7.24. The Labute approximate surface area is 171 Å². The second kappa shape index (κ2) is 9.85. The van der Waals surface area contributed by atoms with Gasteiger partial charge < -0.3 is 10.1 Å². The lowest BCUT2D eigenvalue weighted by molar-refractivity contribution is -0.144. The summed E-state index contributed by atoms with van der Waals surface area (Å²) < 4.78 is 31.8. The van der Waals surface area contributed by atoms with E-state index in [-0.39, 0.29) is 16.3 Å². The molecule has 3 aromatic rings. The molecule has 0 saturated heterocycles. The molecule has 1 aromatic heterocycles. The molecule has 0 aliphatic heterocycles. The van der Waals surface area contributed by atoms with Crippen molar-refractivity contribution in [2.24, 2.45) is 0 Å². The largest absolute Gasteiger partial charge is 0.455 e. The first-order valence-corrected chi connectivity index (χ1v) is 10.7. The molecular weight excluding hydrogens is 426 g/mol. The van der Waals surface area contributed by atoms with Crippen LogP contribution < -0.4 is 5.32 Å². The van der Waals surface area contributed by atoms with Crippen molar-refractivity contribution in [1.29, 1.82) is 0 Å². The Bertz CT molecular complexity index is 948. The second-order valence-corrected chi connectivity index (χ2v) is 8.60. The minimum absolute atomic E-state index is 0.0188. The number of hydrogen-bond donors (Lipinski definition) is 1. The van der Waals surface area contributed by atoms with E-state index in [1.165, 1.54) is 35.2 Å². The smallest absolute Gasteiger partial charge is 0.316 e. The molecule has 0 saturated carbocycles. The normalized spacial score (nSPS) is 11.0. The number of thioether (sulfide) groups is 2. The highest BCUT2D eigenvalue weighted by Crippen LogP contribution is 2.31. The number of esters is 1. The third-order valence-electron chi connectivity index (χ3n) is 3.33. The summed E-state index contributed by atoms with van der Waals surface area (Å²) >= 11 is 3.04. The van der Waals surface area contributed by atoms with Gasteiger partial charge in [-0.05, 0) is 24.3 Å². The molecular formula is C18H14F2N2O3S3. The van der Waals surface area contributed by atoms with Gasteiger partial charge in [0, 0.05) is 4.90 Å². The molecule has 0 bridgehead atoms. The number of rotatable bonds is 8. The number of halogens is 2. The third-order valence-corrected chi connectivity index (χ3v) is 6.27. The van der Waals surface area contributed by atoms with E-state index in [1.54, 1.807) is 12.1 Å². The van der Waals surface area contributed by atoms with Crippen molar-refractivity contribution in [3.8, 4) is 0 Å². The summed E-state index contributed by atoms with van der Waals surface area (Å²) in [5.74, 6) is -3.74. The fraction of sp³-hybridized carbons (Fsp3) is 0.167. The van der Waals surface area contributed by atoms with Crippen LogP contribution in [0.1, 0.15) is 0 Å². The summed E-state index contributed by atoms with van der Waals surface area (Å²) in [6.45, 7) is -0.493. The number of para-hydroxylation sites is 2. The molecule has 0 fully saturated rings. The molecule has 0 spiro atoms. The fourth-order valence-corrected chi connectivity index (χ4v) is 4.64. The van der Waals surface area contributed by atoms with E-state index in [9.17, 15) is 18.4 Å². The maximum atomic E-state index is 12.6. The van der Waals surface area contributed by atoms with Gasteiger partial charge in [-0.3, -0.25) is 9.59 Å². The number of alkyl halides is 2. The van der Waals surface area contributed by atoms with Crippen LogP contribution in [-0.4, -0.2) is 35.0 Å². The Morgan fingerprint density at radius 2 is 1.89 bits per heavy atom. The van der Waals surface area contributed by atoms with Gasteiger partial charge in [0.15, 0.2) is 10.9 Å². The zero-order chi connectivity index (χ0) is 19.9.